The molecular formula is C26H21F9N2O2. The Bertz CT molecular complexity index is 1270. The maximum atomic E-state index is 14.7. The molecule has 0 aliphatic heterocycles. The van der Waals surface area contributed by atoms with Crippen LogP contribution >= 0.6 is 0 Å². The van der Waals surface area contributed by atoms with Crippen molar-refractivity contribution in [2.75, 3.05) is 0 Å². The Kier molecular flexibility index (Phi) is 8.71. The molecule has 2 N–H and O–H groups in total. The van der Waals surface area contributed by atoms with Crippen molar-refractivity contribution in [2.45, 2.75) is 43.6 Å². The van der Waals surface area contributed by atoms with E-state index in [1.54, 1.807) is 35.6 Å². The second-order valence-corrected chi connectivity index (χ2v) is 8.58. The lowest BCUT2D eigenvalue weighted by Crippen LogP contribution is -2.55. The molecule has 39 heavy (non-hydrogen) atoms. The van der Waals surface area contributed by atoms with Gasteiger partial charge < -0.3 is 15.4 Å². The van der Waals surface area contributed by atoms with Gasteiger partial charge in [-0.25, -0.2) is 13.6 Å². The molecule has 13 heteroatoms. The molecular weight excluding hydrogens is 543 g/mol. The smallest absolute Gasteiger partial charge is 0.428 e. The lowest BCUT2D eigenvalue weighted by Gasteiger charge is -2.37. The largest absolute Gasteiger partial charge is 0.461 e. The molecule has 0 unspecified atom stereocenters. The maximum Gasteiger partial charge on any atom is 0.461 e. The third-order valence-corrected chi connectivity index (χ3v) is 5.69. The molecule has 0 aliphatic rings. The number of amides is 2. The van der Waals surface area contributed by atoms with Crippen molar-refractivity contribution in [3.63, 3.8) is 0 Å². The van der Waals surface area contributed by atoms with Crippen LogP contribution in [0.2, 0.25) is 0 Å². The third-order valence-electron chi connectivity index (χ3n) is 5.69. The van der Waals surface area contributed by atoms with E-state index >= 15 is 0 Å². The number of ether oxygens (including phenoxy) is 1. The first-order valence-corrected chi connectivity index (χ1v) is 11.2. The number of urea groups is 1. The monoisotopic (exact) mass is 564 g/mol. The van der Waals surface area contributed by atoms with Gasteiger partial charge in [0, 0.05) is 12.5 Å². The van der Waals surface area contributed by atoms with Gasteiger partial charge in [0.2, 0.25) is 0 Å². The highest BCUT2D eigenvalue weighted by Crippen LogP contribution is 2.38. The molecule has 0 heterocycles. The first kappa shape index (κ1) is 29.7. The van der Waals surface area contributed by atoms with E-state index in [2.05, 4.69) is 10.1 Å². The van der Waals surface area contributed by atoms with E-state index in [1.807, 2.05) is 0 Å². The fourth-order valence-electron chi connectivity index (χ4n) is 3.77. The molecule has 0 fully saturated rings. The first-order chi connectivity index (χ1) is 18.1. The minimum Gasteiger partial charge on any atom is -0.428 e. The summed E-state index contributed by atoms with van der Waals surface area (Å²) >= 11 is 0. The van der Waals surface area contributed by atoms with Crippen LogP contribution in [0.25, 0.3) is 0 Å². The van der Waals surface area contributed by atoms with Crippen LogP contribution in [0.1, 0.15) is 23.6 Å². The van der Waals surface area contributed by atoms with Gasteiger partial charge in [-0.15, -0.1) is 0 Å². The van der Waals surface area contributed by atoms with Crippen molar-refractivity contribution >= 4 is 6.03 Å². The first-order valence-electron chi connectivity index (χ1n) is 11.2. The molecule has 210 valence electrons. The van der Waals surface area contributed by atoms with Crippen LogP contribution in [0.5, 0.6) is 5.75 Å². The number of nitrogens with one attached hydrogen (secondary N) is 2. The Morgan fingerprint density at radius 1 is 0.846 bits per heavy atom. The van der Waals surface area contributed by atoms with Crippen molar-refractivity contribution in [3.05, 3.63) is 101 Å². The van der Waals surface area contributed by atoms with Crippen molar-refractivity contribution in [1.82, 2.24) is 10.6 Å². The number of carbonyl (C=O) groups excluding carboxylic acids is 1. The quantitative estimate of drug-likeness (QED) is 0.277. The summed E-state index contributed by atoms with van der Waals surface area (Å²) in [5, 5.41) is 4.04. The van der Waals surface area contributed by atoms with Gasteiger partial charge in [-0.1, -0.05) is 42.5 Å². The van der Waals surface area contributed by atoms with E-state index in [9.17, 15) is 44.3 Å². The van der Waals surface area contributed by atoms with Crippen LogP contribution in [0.3, 0.4) is 0 Å². The average molecular weight is 564 g/mol. The molecule has 2 amide bonds. The zero-order valence-electron chi connectivity index (χ0n) is 20.0. The lowest BCUT2D eigenvalue weighted by molar-refractivity contribution is -0.253. The fourth-order valence-corrected chi connectivity index (χ4v) is 3.77. The van der Waals surface area contributed by atoms with Crippen LogP contribution in [0.15, 0.2) is 72.8 Å². The Morgan fingerprint density at radius 2 is 1.46 bits per heavy atom. The minimum atomic E-state index is -5.02. The van der Waals surface area contributed by atoms with Gasteiger partial charge in [-0.3, -0.25) is 0 Å². The molecule has 2 atom stereocenters. The average Bonchev–Trinajstić information content (AvgIpc) is 2.83. The van der Waals surface area contributed by atoms with E-state index < -0.39 is 53.7 Å². The molecule has 4 nitrogen and oxygen atoms in total. The zero-order valence-corrected chi connectivity index (χ0v) is 20.0. The van der Waals surface area contributed by atoms with Gasteiger partial charge in [0.15, 0.2) is 0 Å². The van der Waals surface area contributed by atoms with Crippen molar-refractivity contribution in [1.29, 1.82) is 0 Å². The summed E-state index contributed by atoms with van der Waals surface area (Å²) in [5.74, 6) is -3.04. The predicted molar refractivity (Wildman–Crippen MR) is 122 cm³/mol. The van der Waals surface area contributed by atoms with E-state index in [1.165, 1.54) is 0 Å². The summed E-state index contributed by atoms with van der Waals surface area (Å²) < 4.78 is 125. The summed E-state index contributed by atoms with van der Waals surface area (Å²) in [7, 11) is 0. The molecule has 0 saturated carbocycles. The highest BCUT2D eigenvalue weighted by atomic mass is 19.4. The van der Waals surface area contributed by atoms with Crippen LogP contribution in [0, 0.1) is 11.6 Å². The van der Waals surface area contributed by atoms with Crippen molar-refractivity contribution < 1.29 is 49.0 Å². The van der Waals surface area contributed by atoms with Gasteiger partial charge in [-0.05, 0) is 47.9 Å². The molecule has 0 radical (unpaired) electrons. The number of rotatable bonds is 9. The van der Waals surface area contributed by atoms with Crippen LogP contribution in [-0.2, 0) is 12.0 Å². The molecule has 3 aromatic rings. The van der Waals surface area contributed by atoms with Crippen LogP contribution in [0.4, 0.5) is 44.3 Å². The lowest BCUT2D eigenvalue weighted by atomic mass is 9.77. The summed E-state index contributed by atoms with van der Waals surface area (Å²) in [6.07, 6.45) is -14.4. The molecule has 0 aromatic heterocycles. The van der Waals surface area contributed by atoms with Gasteiger partial charge in [-0.2, -0.15) is 30.7 Å². The van der Waals surface area contributed by atoms with Crippen molar-refractivity contribution in [2.24, 2.45) is 0 Å². The van der Waals surface area contributed by atoms with Crippen LogP contribution in [-0.4, -0.2) is 30.8 Å². The minimum absolute atomic E-state index is 0.000246. The Morgan fingerprint density at radius 3 is 2.03 bits per heavy atom. The number of alkyl halides is 7. The van der Waals surface area contributed by atoms with Crippen LogP contribution < -0.4 is 15.4 Å². The second kappa shape index (κ2) is 11.5. The maximum absolute atomic E-state index is 14.7. The standard InChI is InChI=1S/C26H21F9N2O2/c1-15(25(31,32)33)36-23(38)37-24(14-16-5-3-2-4-6-16,17-7-9-19(27)10-8-17)18-11-20(28)13-21(12-18)39-26(34,35)22(29)30/h2-13,15,22H,14H2,1H3,(H2,36,37,38)/t15-,24-/m1/s1. The van der Waals surface area contributed by atoms with E-state index in [0.29, 0.717) is 18.6 Å². The fraction of sp³-hybridized carbons (Fsp3) is 0.269. The Hall–Kier alpha value is -3.90. The third kappa shape index (κ3) is 7.36. The molecule has 3 aromatic carbocycles. The summed E-state index contributed by atoms with van der Waals surface area (Å²) in [6.45, 7) is 0.664. The zero-order chi connectivity index (χ0) is 29.0. The van der Waals surface area contributed by atoms with E-state index in [-0.39, 0.29) is 17.5 Å². The molecule has 0 aliphatic carbocycles. The van der Waals surface area contributed by atoms with Gasteiger partial charge in [0.25, 0.3) is 0 Å². The number of hydrogen-bond acceptors (Lipinski definition) is 2. The topological polar surface area (TPSA) is 50.4 Å². The number of halogens is 9. The van der Waals surface area contributed by atoms with E-state index in [0.717, 1.165) is 36.4 Å². The SMILES string of the molecule is C[C@@H](NC(=O)N[C@](Cc1ccccc1)(c1ccc(F)cc1)c1cc(F)cc(OC(F)(F)C(F)F)c1)C(F)(F)F. The predicted octanol–water partition coefficient (Wildman–Crippen LogP) is 6.94. The van der Waals surface area contributed by atoms with Gasteiger partial charge in [0.05, 0.1) is 5.54 Å². The van der Waals surface area contributed by atoms with Crippen molar-refractivity contribution in [3.8, 4) is 5.75 Å². The number of benzene rings is 3. The van der Waals surface area contributed by atoms with Gasteiger partial charge >= 0.3 is 24.7 Å². The molecule has 3 rings (SSSR count). The molecule has 0 bridgehead atoms. The highest BCUT2D eigenvalue weighted by Gasteiger charge is 2.45. The van der Waals surface area contributed by atoms with Gasteiger partial charge in [0.1, 0.15) is 23.4 Å². The second-order valence-electron chi connectivity index (χ2n) is 8.58. The normalized spacial score (nSPS) is 14.4. The Labute approximate surface area is 216 Å². The summed E-state index contributed by atoms with van der Waals surface area (Å²) in [6, 6.07) is 10.3. The molecule has 0 saturated heterocycles. The number of hydrogen-bond donors (Lipinski definition) is 2. The summed E-state index contributed by atoms with van der Waals surface area (Å²) in [4.78, 5) is 12.9. The number of carbonyl (C=O) groups is 1. The highest BCUT2D eigenvalue weighted by molar-refractivity contribution is 5.76. The molecule has 0 spiro atoms. The Balaban J connectivity index is 2.23. The van der Waals surface area contributed by atoms with E-state index in [4.69, 9.17) is 0 Å². The summed E-state index contributed by atoms with van der Waals surface area (Å²) in [5.41, 5.74) is -1.98.